The van der Waals surface area contributed by atoms with E-state index >= 15 is 0 Å². The molecule has 0 aliphatic carbocycles. The fraction of sp³-hybridized carbons (Fsp3) is 0.250. The largest absolute Gasteiger partial charge is 0.494 e. The van der Waals surface area contributed by atoms with E-state index in [2.05, 4.69) is 22.9 Å². The van der Waals surface area contributed by atoms with E-state index in [1.807, 2.05) is 0 Å². The number of carbonyl (C=O) groups is 2. The lowest BCUT2D eigenvalue weighted by Gasteiger charge is -2.11. The van der Waals surface area contributed by atoms with Gasteiger partial charge in [0, 0.05) is 23.9 Å². The maximum absolute atomic E-state index is 12.3. The van der Waals surface area contributed by atoms with Crippen molar-refractivity contribution in [3.05, 3.63) is 59.7 Å². The summed E-state index contributed by atoms with van der Waals surface area (Å²) in [4.78, 5) is 24.0. The highest BCUT2D eigenvalue weighted by atomic mass is 32.1. The first-order valence-electron chi connectivity index (χ1n) is 8.71. The third-order valence-corrected chi connectivity index (χ3v) is 3.92. The highest BCUT2D eigenvalue weighted by Gasteiger charge is 2.09. The molecular weight excluding hydrogens is 362 g/mol. The van der Waals surface area contributed by atoms with Gasteiger partial charge in [0.05, 0.1) is 6.61 Å². The predicted octanol–water partition coefficient (Wildman–Crippen LogP) is 3.35. The second-order valence-electron chi connectivity index (χ2n) is 5.79. The molecule has 2 rings (SSSR count). The molecule has 27 heavy (non-hydrogen) atoms. The number of hydrogen-bond donors (Lipinski definition) is 3. The number of benzene rings is 2. The van der Waals surface area contributed by atoms with Gasteiger partial charge >= 0.3 is 0 Å². The summed E-state index contributed by atoms with van der Waals surface area (Å²) in [5, 5.41) is 8.23. The van der Waals surface area contributed by atoms with Crippen LogP contribution in [0.2, 0.25) is 0 Å². The van der Waals surface area contributed by atoms with Crippen molar-refractivity contribution in [1.29, 1.82) is 0 Å². The van der Waals surface area contributed by atoms with E-state index < -0.39 is 0 Å². The maximum atomic E-state index is 12.3. The molecule has 0 saturated heterocycles. The van der Waals surface area contributed by atoms with Gasteiger partial charge in [-0.15, -0.1) is 0 Å². The van der Waals surface area contributed by atoms with Crippen LogP contribution in [0, 0.1) is 0 Å². The maximum Gasteiger partial charge on any atom is 0.257 e. The number of hydrogen-bond acceptors (Lipinski definition) is 4. The van der Waals surface area contributed by atoms with Crippen LogP contribution < -0.4 is 20.7 Å². The van der Waals surface area contributed by atoms with Crippen molar-refractivity contribution in [2.45, 2.75) is 19.8 Å². The van der Waals surface area contributed by atoms with Crippen LogP contribution in [-0.2, 0) is 0 Å². The van der Waals surface area contributed by atoms with Crippen LogP contribution in [0.15, 0.2) is 48.5 Å². The number of carbonyl (C=O) groups excluding carboxylic acids is 2. The highest BCUT2D eigenvalue weighted by Crippen LogP contribution is 2.13. The molecule has 0 unspecified atom stereocenters. The van der Waals surface area contributed by atoms with E-state index in [-0.39, 0.29) is 16.9 Å². The fourth-order valence-electron chi connectivity index (χ4n) is 2.26. The fourth-order valence-corrected chi connectivity index (χ4v) is 2.47. The molecule has 0 fully saturated rings. The average molecular weight is 385 g/mol. The zero-order chi connectivity index (χ0) is 19.6. The summed E-state index contributed by atoms with van der Waals surface area (Å²) in [5.74, 6) is 0.205. The first-order valence-corrected chi connectivity index (χ1v) is 9.11. The van der Waals surface area contributed by atoms with E-state index in [0.717, 1.165) is 18.6 Å². The zero-order valence-electron chi connectivity index (χ0n) is 15.4. The minimum absolute atomic E-state index is 0.150. The van der Waals surface area contributed by atoms with Gasteiger partial charge in [-0.3, -0.25) is 14.9 Å². The van der Waals surface area contributed by atoms with Gasteiger partial charge < -0.3 is 15.4 Å². The molecule has 6 nitrogen and oxygen atoms in total. The lowest BCUT2D eigenvalue weighted by Crippen LogP contribution is -2.34. The van der Waals surface area contributed by atoms with Crippen LogP contribution in [0.4, 0.5) is 5.69 Å². The average Bonchev–Trinajstić information content (AvgIpc) is 2.68. The number of thiocarbonyl (C=S) groups is 1. The molecule has 0 spiro atoms. The van der Waals surface area contributed by atoms with E-state index in [1.54, 1.807) is 55.6 Å². The van der Waals surface area contributed by atoms with Gasteiger partial charge in [0.15, 0.2) is 5.11 Å². The van der Waals surface area contributed by atoms with E-state index in [1.165, 1.54) is 0 Å². The summed E-state index contributed by atoms with van der Waals surface area (Å²) in [6.45, 7) is 2.76. The van der Waals surface area contributed by atoms with Crippen LogP contribution in [0.3, 0.4) is 0 Å². The number of amides is 2. The Hall–Kier alpha value is -2.93. The summed E-state index contributed by atoms with van der Waals surface area (Å²) in [5.41, 5.74) is 1.58. The minimum atomic E-state index is -0.324. The van der Waals surface area contributed by atoms with Crippen molar-refractivity contribution in [3.63, 3.8) is 0 Å². The molecule has 142 valence electrons. The van der Waals surface area contributed by atoms with Crippen LogP contribution in [0.5, 0.6) is 5.75 Å². The molecule has 0 bridgehead atoms. The summed E-state index contributed by atoms with van der Waals surface area (Å²) in [6.07, 6.45) is 2.06. The molecule has 0 aromatic heterocycles. The Balaban J connectivity index is 1.91. The van der Waals surface area contributed by atoms with Crippen molar-refractivity contribution in [3.8, 4) is 5.75 Å². The van der Waals surface area contributed by atoms with Crippen molar-refractivity contribution < 1.29 is 14.3 Å². The molecule has 0 aliphatic heterocycles. The molecule has 0 saturated carbocycles. The first-order chi connectivity index (χ1) is 13.0. The zero-order valence-corrected chi connectivity index (χ0v) is 16.2. The Labute approximate surface area is 164 Å². The molecule has 3 N–H and O–H groups in total. The lowest BCUT2D eigenvalue weighted by atomic mass is 10.2. The Morgan fingerprint density at radius 3 is 2.44 bits per heavy atom. The molecule has 0 heterocycles. The lowest BCUT2D eigenvalue weighted by molar-refractivity contribution is 0.0959. The SMILES string of the molecule is CCCCOc1ccc(C(=O)NC(=S)Nc2cccc(C(=O)NC)c2)cc1. The van der Waals surface area contributed by atoms with E-state index in [0.29, 0.717) is 23.4 Å². The Morgan fingerprint density at radius 2 is 1.78 bits per heavy atom. The number of ether oxygens (including phenoxy) is 1. The van der Waals surface area contributed by atoms with Crippen LogP contribution in [-0.4, -0.2) is 30.6 Å². The highest BCUT2D eigenvalue weighted by molar-refractivity contribution is 7.80. The minimum Gasteiger partial charge on any atom is -0.494 e. The van der Waals surface area contributed by atoms with E-state index in [9.17, 15) is 9.59 Å². The summed E-state index contributed by atoms with van der Waals surface area (Å²) >= 11 is 5.18. The van der Waals surface area contributed by atoms with Crippen molar-refractivity contribution in [2.24, 2.45) is 0 Å². The molecule has 0 aliphatic rings. The van der Waals surface area contributed by atoms with Gasteiger partial charge in [-0.2, -0.15) is 0 Å². The second kappa shape index (κ2) is 10.3. The number of unbranched alkanes of at least 4 members (excludes halogenated alkanes) is 1. The number of rotatable bonds is 7. The standard InChI is InChI=1S/C20H23N3O3S/c1-3-4-12-26-17-10-8-14(9-11-17)19(25)23-20(27)22-16-7-5-6-15(13-16)18(24)21-2/h5-11,13H,3-4,12H2,1-2H3,(H,21,24)(H2,22,23,25,27). The summed E-state index contributed by atoms with van der Waals surface area (Å²) < 4.78 is 5.58. The third-order valence-electron chi connectivity index (χ3n) is 3.72. The normalized spacial score (nSPS) is 10.0. The smallest absolute Gasteiger partial charge is 0.257 e. The van der Waals surface area contributed by atoms with Crippen LogP contribution in [0.25, 0.3) is 0 Å². The Morgan fingerprint density at radius 1 is 1.04 bits per heavy atom. The van der Waals surface area contributed by atoms with Crippen LogP contribution >= 0.6 is 12.2 Å². The van der Waals surface area contributed by atoms with Gasteiger partial charge in [-0.05, 0) is 61.1 Å². The molecule has 0 atom stereocenters. The van der Waals surface area contributed by atoms with Crippen molar-refractivity contribution in [1.82, 2.24) is 10.6 Å². The molecule has 0 radical (unpaired) electrons. The van der Waals surface area contributed by atoms with Crippen LogP contribution in [0.1, 0.15) is 40.5 Å². The number of anilines is 1. The predicted molar refractivity (Wildman–Crippen MR) is 110 cm³/mol. The Bertz CT molecular complexity index is 806. The van der Waals surface area contributed by atoms with Gasteiger partial charge in [0.1, 0.15) is 5.75 Å². The summed E-state index contributed by atoms with van der Waals surface area (Å²) in [7, 11) is 1.56. The van der Waals surface area contributed by atoms with Gasteiger partial charge in [-0.25, -0.2) is 0 Å². The quantitative estimate of drug-likeness (QED) is 0.503. The van der Waals surface area contributed by atoms with Crippen molar-refractivity contribution >= 4 is 34.8 Å². The topological polar surface area (TPSA) is 79.5 Å². The first kappa shape index (κ1) is 20.4. The summed E-state index contributed by atoms with van der Waals surface area (Å²) in [6, 6.07) is 13.7. The van der Waals surface area contributed by atoms with E-state index in [4.69, 9.17) is 17.0 Å². The van der Waals surface area contributed by atoms with Crippen molar-refractivity contribution in [2.75, 3.05) is 19.0 Å². The van der Waals surface area contributed by atoms with Gasteiger partial charge in [-0.1, -0.05) is 19.4 Å². The third kappa shape index (κ3) is 6.38. The monoisotopic (exact) mass is 385 g/mol. The van der Waals surface area contributed by atoms with Gasteiger partial charge in [0.2, 0.25) is 0 Å². The molecule has 2 amide bonds. The molecule has 2 aromatic rings. The second-order valence-corrected chi connectivity index (χ2v) is 6.20. The number of nitrogens with one attached hydrogen (secondary N) is 3. The molecule has 2 aromatic carbocycles. The molecular formula is C20H23N3O3S. The van der Waals surface area contributed by atoms with Gasteiger partial charge in [0.25, 0.3) is 11.8 Å². The Kier molecular flexibility index (Phi) is 7.76. The molecule has 7 heteroatoms.